The van der Waals surface area contributed by atoms with E-state index in [2.05, 4.69) is 12.6 Å². The van der Waals surface area contributed by atoms with Crippen LogP contribution in [0.2, 0.25) is 0 Å². The molecule has 0 amide bonds. The Morgan fingerprint density at radius 3 is 2.41 bits per heavy atom. The van der Waals surface area contributed by atoms with Crippen LogP contribution in [0.4, 0.5) is 5.69 Å². The van der Waals surface area contributed by atoms with E-state index in [0.717, 1.165) is 0 Å². The van der Waals surface area contributed by atoms with Gasteiger partial charge in [0.2, 0.25) is 0 Å². The second kappa shape index (κ2) is 5.72. The Morgan fingerprint density at radius 1 is 1.24 bits per heavy atom. The van der Waals surface area contributed by atoms with Crippen LogP contribution in [-0.2, 0) is 16.3 Å². The second-order valence-corrected chi connectivity index (χ2v) is 6.09. The fraction of sp³-hybridized carbons (Fsp3) is 0.400. The monoisotopic (exact) mass is 277 g/mol. The van der Waals surface area contributed by atoms with Gasteiger partial charge in [-0.1, -0.05) is 0 Å². The molecule has 0 saturated carbocycles. The van der Waals surface area contributed by atoms with Crippen molar-refractivity contribution in [1.82, 2.24) is 0 Å². The molecular formula is C10H15NO4S2. The summed E-state index contributed by atoms with van der Waals surface area (Å²) in [6.45, 7) is -0.642. The van der Waals surface area contributed by atoms with Crippen molar-refractivity contribution < 1.29 is 18.6 Å². The van der Waals surface area contributed by atoms with E-state index < -0.39 is 16.4 Å². The Balaban J connectivity index is 3.40. The maximum absolute atomic E-state index is 11.9. The Labute approximate surface area is 106 Å². The lowest BCUT2D eigenvalue weighted by Gasteiger charge is -2.12. The molecule has 0 spiro atoms. The van der Waals surface area contributed by atoms with Crippen LogP contribution >= 0.6 is 12.6 Å². The fourth-order valence-corrected chi connectivity index (χ4v) is 3.34. The maximum atomic E-state index is 11.9. The Bertz CT molecular complexity index is 499. The van der Waals surface area contributed by atoms with E-state index in [1.807, 2.05) is 0 Å². The van der Waals surface area contributed by atoms with E-state index in [4.69, 9.17) is 15.9 Å². The van der Waals surface area contributed by atoms with Gasteiger partial charge in [0.05, 0.1) is 17.3 Å². The Hall–Kier alpha value is -0.760. The average Bonchev–Trinajstić information content (AvgIpc) is 2.21. The van der Waals surface area contributed by atoms with Gasteiger partial charge in [0.15, 0.2) is 9.84 Å². The van der Waals surface area contributed by atoms with Crippen molar-refractivity contribution in [2.24, 2.45) is 0 Å². The third kappa shape index (κ3) is 3.35. The number of aliphatic hydroxyl groups excluding tert-OH is 2. The minimum Gasteiger partial charge on any atom is -0.399 e. The number of aliphatic hydroxyl groups is 2. The van der Waals surface area contributed by atoms with Crippen LogP contribution in [0.5, 0.6) is 0 Å². The van der Waals surface area contributed by atoms with E-state index in [-0.39, 0.29) is 29.4 Å². The van der Waals surface area contributed by atoms with Crippen molar-refractivity contribution in [2.75, 3.05) is 24.7 Å². The summed E-state index contributed by atoms with van der Waals surface area (Å²) in [6, 6.07) is 2.86. The van der Waals surface area contributed by atoms with Gasteiger partial charge in [-0.25, -0.2) is 8.42 Å². The Morgan fingerprint density at radius 2 is 1.88 bits per heavy atom. The summed E-state index contributed by atoms with van der Waals surface area (Å²) in [7, 11) is -3.60. The van der Waals surface area contributed by atoms with Crippen LogP contribution in [-0.4, -0.2) is 37.6 Å². The molecule has 0 radical (unpaired) electrons. The average molecular weight is 277 g/mol. The molecule has 0 aliphatic carbocycles. The van der Waals surface area contributed by atoms with E-state index in [1.54, 1.807) is 0 Å². The quantitative estimate of drug-likeness (QED) is 0.443. The van der Waals surface area contributed by atoms with Crippen molar-refractivity contribution in [3.05, 3.63) is 17.7 Å². The van der Waals surface area contributed by atoms with Gasteiger partial charge in [0.25, 0.3) is 0 Å². The predicted molar refractivity (Wildman–Crippen MR) is 68.0 cm³/mol. The predicted octanol–water partition coefficient (Wildman–Crippen LogP) is -0.142. The van der Waals surface area contributed by atoms with Crippen molar-refractivity contribution in [1.29, 1.82) is 0 Å². The number of thiol groups is 1. The lowest BCUT2D eigenvalue weighted by atomic mass is 10.1. The molecule has 7 heteroatoms. The zero-order chi connectivity index (χ0) is 13.1. The number of sulfone groups is 1. The van der Waals surface area contributed by atoms with Crippen LogP contribution in [0.15, 0.2) is 21.9 Å². The summed E-state index contributed by atoms with van der Waals surface area (Å²) >= 11 is 4.15. The van der Waals surface area contributed by atoms with Gasteiger partial charge in [-0.2, -0.15) is 0 Å². The molecule has 96 valence electrons. The van der Waals surface area contributed by atoms with Gasteiger partial charge in [-0.15, -0.1) is 12.6 Å². The van der Waals surface area contributed by atoms with Crippen molar-refractivity contribution in [3.63, 3.8) is 0 Å². The van der Waals surface area contributed by atoms with E-state index in [9.17, 15) is 8.42 Å². The highest BCUT2D eigenvalue weighted by Crippen LogP contribution is 2.27. The third-order valence-electron chi connectivity index (χ3n) is 2.26. The number of nitrogens with two attached hydrogens (primary N) is 1. The molecule has 0 atom stereocenters. The molecule has 17 heavy (non-hydrogen) atoms. The lowest BCUT2D eigenvalue weighted by molar-refractivity contribution is 0.298. The van der Waals surface area contributed by atoms with Crippen molar-refractivity contribution in [3.8, 4) is 0 Å². The summed E-state index contributed by atoms with van der Waals surface area (Å²) in [5.74, 6) is -0.373. The van der Waals surface area contributed by atoms with Crippen molar-refractivity contribution in [2.45, 2.75) is 16.2 Å². The summed E-state index contributed by atoms with van der Waals surface area (Å²) in [5, 5.41) is 17.7. The summed E-state index contributed by atoms with van der Waals surface area (Å²) in [5.41, 5.74) is 6.29. The van der Waals surface area contributed by atoms with E-state index >= 15 is 0 Å². The molecule has 0 fully saturated rings. The van der Waals surface area contributed by atoms with E-state index in [0.29, 0.717) is 10.5 Å². The molecule has 4 N–H and O–H groups in total. The molecule has 0 aliphatic rings. The summed E-state index contributed by atoms with van der Waals surface area (Å²) in [6.07, 6.45) is 0.180. The molecule has 0 unspecified atom stereocenters. The molecule has 1 rings (SSSR count). The third-order valence-corrected chi connectivity index (χ3v) is 4.42. The van der Waals surface area contributed by atoms with Gasteiger partial charge in [-0.3, -0.25) is 0 Å². The smallest absolute Gasteiger partial charge is 0.181 e. The minimum absolute atomic E-state index is 0.0330. The second-order valence-electron chi connectivity index (χ2n) is 3.53. The van der Waals surface area contributed by atoms with Crippen molar-refractivity contribution >= 4 is 28.2 Å². The first-order valence-electron chi connectivity index (χ1n) is 4.98. The first-order valence-corrected chi connectivity index (χ1v) is 7.08. The van der Waals surface area contributed by atoms with Crippen LogP contribution < -0.4 is 5.73 Å². The van der Waals surface area contributed by atoms with Gasteiger partial charge in [0.1, 0.15) is 0 Å². The highest BCUT2D eigenvalue weighted by atomic mass is 32.2. The van der Waals surface area contributed by atoms with Gasteiger partial charge in [0, 0.05) is 17.2 Å². The number of anilines is 1. The van der Waals surface area contributed by atoms with Crippen LogP contribution in [0, 0.1) is 0 Å². The van der Waals surface area contributed by atoms with Crippen LogP contribution in [0.1, 0.15) is 5.56 Å². The standard InChI is InChI=1S/C10H15NO4S2/c11-7-5-9(16)8(1-2-12)10(6-7)17(14,15)4-3-13/h5-6,12-13,16H,1-4,11H2. The topological polar surface area (TPSA) is 101 Å². The molecular weight excluding hydrogens is 262 g/mol. The summed E-state index contributed by atoms with van der Waals surface area (Å²) in [4.78, 5) is 0.459. The highest BCUT2D eigenvalue weighted by molar-refractivity contribution is 7.91. The normalized spacial score (nSPS) is 11.7. The number of benzene rings is 1. The number of hydrogen-bond acceptors (Lipinski definition) is 6. The van der Waals surface area contributed by atoms with Crippen LogP contribution in [0.3, 0.4) is 0 Å². The van der Waals surface area contributed by atoms with Crippen LogP contribution in [0.25, 0.3) is 0 Å². The first-order chi connectivity index (χ1) is 7.92. The molecule has 5 nitrogen and oxygen atoms in total. The molecule has 0 aromatic heterocycles. The zero-order valence-corrected chi connectivity index (χ0v) is 10.8. The number of rotatable bonds is 5. The summed E-state index contributed by atoms with van der Waals surface area (Å²) < 4.78 is 23.8. The van der Waals surface area contributed by atoms with E-state index in [1.165, 1.54) is 12.1 Å². The largest absolute Gasteiger partial charge is 0.399 e. The number of nitrogen functional groups attached to an aromatic ring is 1. The molecule has 1 aromatic rings. The SMILES string of the molecule is Nc1cc(S)c(CCO)c(S(=O)(=O)CCO)c1. The molecule has 0 bridgehead atoms. The Kier molecular flexibility index (Phi) is 4.81. The molecule has 0 aliphatic heterocycles. The molecule has 0 saturated heterocycles. The zero-order valence-electron chi connectivity index (χ0n) is 9.13. The maximum Gasteiger partial charge on any atom is 0.181 e. The minimum atomic E-state index is -3.60. The molecule has 1 aromatic carbocycles. The highest BCUT2D eigenvalue weighted by Gasteiger charge is 2.20. The molecule has 0 heterocycles. The number of hydrogen-bond donors (Lipinski definition) is 4. The first kappa shape index (κ1) is 14.3. The van der Waals surface area contributed by atoms with Gasteiger partial charge >= 0.3 is 0 Å². The lowest BCUT2D eigenvalue weighted by Crippen LogP contribution is -2.14. The fourth-order valence-electron chi connectivity index (χ4n) is 1.52. The van der Waals surface area contributed by atoms with Gasteiger partial charge < -0.3 is 15.9 Å². The van der Waals surface area contributed by atoms with Gasteiger partial charge in [-0.05, 0) is 24.1 Å².